The number of carbonyl (C=O) groups excluding carboxylic acids is 2. The molecular weight excluding hydrogens is 434 g/mol. The lowest BCUT2D eigenvalue weighted by molar-refractivity contribution is 0.0564. The largest absolute Gasteiger partial charge is 0.378 e. The van der Waals surface area contributed by atoms with Crippen molar-refractivity contribution in [2.45, 2.75) is 13.0 Å². The van der Waals surface area contributed by atoms with Crippen LogP contribution in [0.2, 0.25) is 0 Å². The maximum absolute atomic E-state index is 12.5. The van der Waals surface area contributed by atoms with E-state index in [0.717, 1.165) is 5.56 Å². The van der Waals surface area contributed by atoms with Gasteiger partial charge in [-0.05, 0) is 30.7 Å². The minimum atomic E-state index is -0.623. The van der Waals surface area contributed by atoms with Gasteiger partial charge in [-0.2, -0.15) is 4.98 Å². The highest BCUT2D eigenvalue weighted by molar-refractivity contribution is 5.97. The number of nitrogens with one attached hydrogen (secondary N) is 3. The fourth-order valence-electron chi connectivity index (χ4n) is 3.54. The molecule has 34 heavy (non-hydrogen) atoms. The lowest BCUT2D eigenvalue weighted by Crippen LogP contribution is -2.43. The van der Waals surface area contributed by atoms with E-state index in [4.69, 9.17) is 10.5 Å². The Balaban J connectivity index is 1.49. The number of hydrogen-bond acceptors (Lipinski definition) is 7. The van der Waals surface area contributed by atoms with Crippen LogP contribution in [0.3, 0.4) is 0 Å². The zero-order valence-electron chi connectivity index (χ0n) is 18.8. The van der Waals surface area contributed by atoms with Gasteiger partial charge in [-0.25, -0.2) is 9.78 Å². The van der Waals surface area contributed by atoms with Gasteiger partial charge in [0.1, 0.15) is 5.82 Å². The third-order valence-corrected chi connectivity index (χ3v) is 5.38. The van der Waals surface area contributed by atoms with E-state index in [1.807, 2.05) is 49.4 Å². The van der Waals surface area contributed by atoms with Crippen molar-refractivity contribution in [3.8, 4) is 0 Å². The number of rotatable bonds is 7. The topological polar surface area (TPSA) is 134 Å². The van der Waals surface area contributed by atoms with Crippen LogP contribution in [0, 0.1) is 0 Å². The predicted molar refractivity (Wildman–Crippen MR) is 130 cm³/mol. The first-order valence-electron chi connectivity index (χ1n) is 11.0. The molecule has 2 aromatic carbocycles. The van der Waals surface area contributed by atoms with Crippen LogP contribution in [0.5, 0.6) is 0 Å². The normalized spacial score (nSPS) is 14.2. The monoisotopic (exact) mass is 461 g/mol. The summed E-state index contributed by atoms with van der Waals surface area (Å²) >= 11 is 0. The molecule has 1 aromatic heterocycles. The van der Waals surface area contributed by atoms with Gasteiger partial charge in [0.25, 0.3) is 5.91 Å². The van der Waals surface area contributed by atoms with Gasteiger partial charge < -0.3 is 31.3 Å². The molecule has 1 fully saturated rings. The van der Waals surface area contributed by atoms with Crippen LogP contribution in [0.25, 0.3) is 0 Å². The van der Waals surface area contributed by atoms with Gasteiger partial charge in [-0.15, -0.1) is 0 Å². The van der Waals surface area contributed by atoms with Gasteiger partial charge in [0, 0.05) is 36.7 Å². The molecule has 3 aromatic rings. The van der Waals surface area contributed by atoms with Crippen LogP contribution < -0.4 is 21.7 Å². The van der Waals surface area contributed by atoms with Crippen LogP contribution in [-0.2, 0) is 4.74 Å². The Labute approximate surface area is 197 Å². The first kappa shape index (κ1) is 23.0. The zero-order valence-corrected chi connectivity index (χ0v) is 18.8. The summed E-state index contributed by atoms with van der Waals surface area (Å²) in [5.74, 6) is -0.00956. The number of nitrogens with zero attached hydrogens (tertiary/aromatic N) is 3. The van der Waals surface area contributed by atoms with Crippen LogP contribution in [0.4, 0.5) is 27.9 Å². The van der Waals surface area contributed by atoms with Crippen LogP contribution in [-0.4, -0.2) is 53.1 Å². The molecule has 1 unspecified atom stereocenters. The molecule has 0 aliphatic carbocycles. The second-order valence-electron chi connectivity index (χ2n) is 7.83. The summed E-state index contributed by atoms with van der Waals surface area (Å²) in [6, 6.07) is 16.7. The molecule has 1 saturated heterocycles. The van der Waals surface area contributed by atoms with E-state index in [-0.39, 0.29) is 23.6 Å². The van der Waals surface area contributed by atoms with Crippen molar-refractivity contribution in [2.24, 2.45) is 5.73 Å². The SMILES string of the molecule is CC(Nc1nc(Nc2cccc(NC(=O)N3CCOCC3)c2)ncc1C(N)=O)c1ccccc1. The Bertz CT molecular complexity index is 1150. The average Bonchev–Trinajstić information content (AvgIpc) is 2.85. The summed E-state index contributed by atoms with van der Waals surface area (Å²) < 4.78 is 5.29. The van der Waals surface area contributed by atoms with Crippen molar-refractivity contribution in [1.29, 1.82) is 0 Å². The number of amides is 3. The van der Waals surface area contributed by atoms with E-state index >= 15 is 0 Å². The minimum absolute atomic E-state index is 0.110. The molecule has 4 rings (SSSR count). The highest BCUT2D eigenvalue weighted by Crippen LogP contribution is 2.24. The maximum Gasteiger partial charge on any atom is 0.322 e. The standard InChI is InChI=1S/C24H27N7O3/c1-16(17-6-3-2-4-7-17)27-22-20(21(25)32)15-26-23(30-22)28-18-8-5-9-19(14-18)29-24(33)31-10-12-34-13-11-31/h2-9,14-16H,10-13H2,1H3,(H2,25,32)(H,29,33)(H2,26,27,28,30). The summed E-state index contributed by atoms with van der Waals surface area (Å²) in [5.41, 5.74) is 8.06. The first-order chi connectivity index (χ1) is 16.5. The van der Waals surface area contributed by atoms with Gasteiger partial charge in [-0.1, -0.05) is 36.4 Å². The molecular formula is C24H27N7O3. The number of nitrogens with two attached hydrogens (primary N) is 1. The molecule has 3 amide bonds. The lowest BCUT2D eigenvalue weighted by Gasteiger charge is -2.27. The van der Waals surface area contributed by atoms with Crippen molar-refractivity contribution in [2.75, 3.05) is 42.3 Å². The summed E-state index contributed by atoms with van der Waals surface area (Å²) in [5, 5.41) is 9.26. The van der Waals surface area contributed by atoms with E-state index in [1.165, 1.54) is 6.20 Å². The molecule has 2 heterocycles. The van der Waals surface area contributed by atoms with Crippen molar-refractivity contribution < 1.29 is 14.3 Å². The lowest BCUT2D eigenvalue weighted by atomic mass is 10.1. The molecule has 1 aliphatic rings. The van der Waals surface area contributed by atoms with Crippen molar-refractivity contribution in [3.63, 3.8) is 0 Å². The molecule has 10 nitrogen and oxygen atoms in total. The molecule has 1 atom stereocenters. The molecule has 1 aliphatic heterocycles. The quantitative estimate of drug-likeness (QED) is 0.424. The Morgan fingerprint density at radius 2 is 1.79 bits per heavy atom. The van der Waals surface area contributed by atoms with E-state index in [9.17, 15) is 9.59 Å². The van der Waals surface area contributed by atoms with Crippen LogP contribution in [0.1, 0.15) is 28.9 Å². The van der Waals surface area contributed by atoms with E-state index in [2.05, 4.69) is 25.9 Å². The van der Waals surface area contributed by atoms with Crippen LogP contribution in [0.15, 0.2) is 60.8 Å². The van der Waals surface area contributed by atoms with Crippen molar-refractivity contribution in [1.82, 2.24) is 14.9 Å². The summed E-state index contributed by atoms with van der Waals surface area (Å²) in [7, 11) is 0. The minimum Gasteiger partial charge on any atom is -0.378 e. The van der Waals surface area contributed by atoms with E-state index < -0.39 is 5.91 Å². The number of carbonyl (C=O) groups is 2. The third-order valence-electron chi connectivity index (χ3n) is 5.38. The Morgan fingerprint density at radius 1 is 1.06 bits per heavy atom. The summed E-state index contributed by atoms with van der Waals surface area (Å²) in [6.45, 7) is 4.15. The predicted octanol–water partition coefficient (Wildman–Crippen LogP) is 3.36. The highest BCUT2D eigenvalue weighted by Gasteiger charge is 2.18. The Kier molecular flexibility index (Phi) is 7.19. The van der Waals surface area contributed by atoms with E-state index in [0.29, 0.717) is 43.5 Å². The fraction of sp³-hybridized carbons (Fsp3) is 0.250. The average molecular weight is 462 g/mol. The number of ether oxygens (including phenoxy) is 1. The molecule has 5 N–H and O–H groups in total. The summed E-state index contributed by atoms with van der Waals surface area (Å²) in [4.78, 5) is 34.8. The smallest absolute Gasteiger partial charge is 0.322 e. The van der Waals surface area contributed by atoms with Gasteiger partial charge in [0.05, 0.1) is 18.8 Å². The number of anilines is 4. The number of hydrogen-bond donors (Lipinski definition) is 4. The molecule has 176 valence electrons. The Hall–Kier alpha value is -4.18. The number of morpholine rings is 1. The van der Waals surface area contributed by atoms with Gasteiger partial charge in [0.15, 0.2) is 0 Å². The summed E-state index contributed by atoms with van der Waals surface area (Å²) in [6.07, 6.45) is 1.39. The van der Waals surface area contributed by atoms with Crippen molar-refractivity contribution in [3.05, 3.63) is 71.9 Å². The molecule has 0 spiro atoms. The molecule has 0 radical (unpaired) electrons. The van der Waals surface area contributed by atoms with Gasteiger partial charge in [-0.3, -0.25) is 4.79 Å². The van der Waals surface area contributed by atoms with E-state index in [1.54, 1.807) is 17.0 Å². The fourth-order valence-corrected chi connectivity index (χ4v) is 3.54. The van der Waals surface area contributed by atoms with Crippen molar-refractivity contribution >= 4 is 35.1 Å². The zero-order chi connectivity index (χ0) is 23.9. The second-order valence-corrected chi connectivity index (χ2v) is 7.83. The molecule has 10 heteroatoms. The van der Waals surface area contributed by atoms with Gasteiger partial charge in [0.2, 0.25) is 5.95 Å². The third kappa shape index (κ3) is 5.78. The maximum atomic E-state index is 12.5. The molecule has 0 bridgehead atoms. The number of benzene rings is 2. The number of urea groups is 1. The van der Waals surface area contributed by atoms with Gasteiger partial charge >= 0.3 is 6.03 Å². The number of primary amides is 1. The molecule has 0 saturated carbocycles. The number of aromatic nitrogens is 2. The second kappa shape index (κ2) is 10.6. The highest BCUT2D eigenvalue weighted by atomic mass is 16.5. The van der Waals surface area contributed by atoms with Crippen LogP contribution >= 0.6 is 0 Å². The first-order valence-corrected chi connectivity index (χ1v) is 11.0. The Morgan fingerprint density at radius 3 is 2.53 bits per heavy atom.